The van der Waals surface area contributed by atoms with E-state index in [0.717, 1.165) is 24.0 Å². The van der Waals surface area contributed by atoms with E-state index in [9.17, 15) is 0 Å². The molecule has 0 bridgehead atoms. The number of anilines is 2. The van der Waals surface area contributed by atoms with E-state index >= 15 is 0 Å². The van der Waals surface area contributed by atoms with Gasteiger partial charge in [0.15, 0.2) is 0 Å². The van der Waals surface area contributed by atoms with E-state index < -0.39 is 0 Å². The zero-order valence-electron chi connectivity index (χ0n) is 13.0. The summed E-state index contributed by atoms with van der Waals surface area (Å²) in [5.41, 5.74) is 0.353. The molecule has 1 unspecified atom stereocenters. The second-order valence-electron chi connectivity index (χ2n) is 7.13. The van der Waals surface area contributed by atoms with Crippen molar-refractivity contribution in [1.29, 1.82) is 0 Å². The van der Waals surface area contributed by atoms with Gasteiger partial charge in [0.2, 0.25) is 0 Å². The zero-order valence-corrected chi connectivity index (χ0v) is 13.0. The van der Waals surface area contributed by atoms with Crippen molar-refractivity contribution >= 4 is 11.6 Å². The molecule has 0 spiro atoms. The average molecular weight is 262 g/mol. The number of hydrogen-bond acceptors (Lipinski definition) is 4. The molecule has 0 radical (unpaired) electrons. The third-order valence-corrected chi connectivity index (χ3v) is 3.59. The third-order valence-electron chi connectivity index (χ3n) is 3.59. The van der Waals surface area contributed by atoms with Crippen LogP contribution in [0, 0.1) is 5.41 Å². The van der Waals surface area contributed by atoms with E-state index in [0.29, 0.717) is 11.5 Å². The molecule has 106 valence electrons. The minimum absolute atomic E-state index is 0.0407. The minimum Gasteiger partial charge on any atom is -0.370 e. The first-order valence-corrected chi connectivity index (χ1v) is 7.12. The molecule has 1 aliphatic carbocycles. The highest BCUT2D eigenvalue weighted by Gasteiger charge is 2.45. The van der Waals surface area contributed by atoms with Crippen LogP contribution in [0.5, 0.6) is 0 Å². The van der Waals surface area contributed by atoms with Gasteiger partial charge in [-0.3, -0.25) is 0 Å². The molecule has 1 aromatic rings. The van der Waals surface area contributed by atoms with Gasteiger partial charge in [-0.05, 0) is 18.8 Å². The fraction of sp³-hybridized carbons (Fsp3) is 0.733. The fourth-order valence-electron chi connectivity index (χ4n) is 2.02. The maximum absolute atomic E-state index is 4.67. The molecular weight excluding hydrogens is 236 g/mol. The van der Waals surface area contributed by atoms with Crippen LogP contribution in [-0.2, 0) is 5.41 Å². The standard InChI is InChI=1S/C15H26N4/c1-7-16-11-8-12(17-10-9-15(10,5)6)19-13(18-11)14(2,3)4/h8,10H,7,9H2,1-6H3,(H2,16,17,18,19). The summed E-state index contributed by atoms with van der Waals surface area (Å²) in [6.45, 7) is 13.9. The summed E-state index contributed by atoms with van der Waals surface area (Å²) in [6.07, 6.45) is 1.21. The van der Waals surface area contributed by atoms with Gasteiger partial charge < -0.3 is 10.6 Å². The predicted octanol–water partition coefficient (Wildman–Crippen LogP) is 3.42. The zero-order chi connectivity index (χ0) is 14.3. The molecule has 1 atom stereocenters. The smallest absolute Gasteiger partial charge is 0.138 e. The molecule has 0 saturated heterocycles. The van der Waals surface area contributed by atoms with Crippen LogP contribution in [0.3, 0.4) is 0 Å². The van der Waals surface area contributed by atoms with Crippen LogP contribution in [-0.4, -0.2) is 22.6 Å². The van der Waals surface area contributed by atoms with Gasteiger partial charge in [0.1, 0.15) is 17.5 Å². The second-order valence-corrected chi connectivity index (χ2v) is 7.13. The van der Waals surface area contributed by atoms with Crippen LogP contribution in [0.25, 0.3) is 0 Å². The van der Waals surface area contributed by atoms with Crippen molar-refractivity contribution in [3.05, 3.63) is 11.9 Å². The predicted molar refractivity (Wildman–Crippen MR) is 80.7 cm³/mol. The molecule has 0 aromatic carbocycles. The highest BCUT2D eigenvalue weighted by Crippen LogP contribution is 2.46. The Morgan fingerprint density at radius 2 is 1.84 bits per heavy atom. The lowest BCUT2D eigenvalue weighted by Crippen LogP contribution is -2.19. The molecule has 4 nitrogen and oxygen atoms in total. The summed E-state index contributed by atoms with van der Waals surface area (Å²) in [5.74, 6) is 2.72. The summed E-state index contributed by atoms with van der Waals surface area (Å²) in [4.78, 5) is 9.27. The third kappa shape index (κ3) is 3.37. The van der Waals surface area contributed by atoms with Gasteiger partial charge in [-0.25, -0.2) is 9.97 Å². The molecule has 1 saturated carbocycles. The van der Waals surface area contributed by atoms with Crippen molar-refractivity contribution in [1.82, 2.24) is 9.97 Å². The van der Waals surface area contributed by atoms with Crippen molar-refractivity contribution in [3.8, 4) is 0 Å². The van der Waals surface area contributed by atoms with E-state index in [1.807, 2.05) is 6.07 Å². The summed E-state index contributed by atoms with van der Waals surface area (Å²) in [7, 11) is 0. The van der Waals surface area contributed by atoms with Crippen molar-refractivity contribution in [3.63, 3.8) is 0 Å². The lowest BCUT2D eigenvalue weighted by molar-refractivity contribution is 0.546. The number of rotatable bonds is 4. The quantitative estimate of drug-likeness (QED) is 0.873. The van der Waals surface area contributed by atoms with Gasteiger partial charge in [-0.1, -0.05) is 34.6 Å². The maximum Gasteiger partial charge on any atom is 0.138 e. The molecule has 4 heteroatoms. The topological polar surface area (TPSA) is 49.8 Å². The van der Waals surface area contributed by atoms with E-state index in [2.05, 4.69) is 62.1 Å². The molecule has 2 N–H and O–H groups in total. The number of hydrogen-bond donors (Lipinski definition) is 2. The Kier molecular flexibility index (Phi) is 3.45. The second kappa shape index (κ2) is 4.66. The molecule has 1 aromatic heterocycles. The Labute approximate surface area is 116 Å². The fourth-order valence-corrected chi connectivity index (χ4v) is 2.02. The largest absolute Gasteiger partial charge is 0.370 e. The number of nitrogens with one attached hydrogen (secondary N) is 2. The first-order chi connectivity index (χ1) is 8.72. The Balaban J connectivity index is 2.24. The lowest BCUT2D eigenvalue weighted by atomic mass is 9.96. The van der Waals surface area contributed by atoms with Crippen LogP contribution in [0.4, 0.5) is 11.6 Å². The summed E-state index contributed by atoms with van der Waals surface area (Å²) in [5, 5.41) is 6.81. The van der Waals surface area contributed by atoms with Crippen LogP contribution in [0.2, 0.25) is 0 Å². The van der Waals surface area contributed by atoms with Crippen LogP contribution in [0.1, 0.15) is 53.8 Å². The number of nitrogens with zero attached hydrogens (tertiary/aromatic N) is 2. The Morgan fingerprint density at radius 1 is 1.26 bits per heavy atom. The van der Waals surface area contributed by atoms with Gasteiger partial charge in [0, 0.05) is 24.1 Å². The molecule has 2 rings (SSSR count). The molecule has 19 heavy (non-hydrogen) atoms. The van der Waals surface area contributed by atoms with Crippen LogP contribution < -0.4 is 10.6 Å². The Hall–Kier alpha value is -1.32. The highest BCUT2D eigenvalue weighted by molar-refractivity contribution is 5.49. The van der Waals surface area contributed by atoms with Crippen molar-refractivity contribution < 1.29 is 0 Å². The summed E-state index contributed by atoms with van der Waals surface area (Å²) >= 11 is 0. The van der Waals surface area contributed by atoms with Gasteiger partial charge in [0.05, 0.1) is 0 Å². The first kappa shape index (κ1) is 14.1. The van der Waals surface area contributed by atoms with Crippen LogP contribution in [0.15, 0.2) is 6.07 Å². The maximum atomic E-state index is 4.67. The molecule has 1 aliphatic rings. The van der Waals surface area contributed by atoms with Crippen molar-refractivity contribution in [2.24, 2.45) is 5.41 Å². The van der Waals surface area contributed by atoms with E-state index in [1.165, 1.54) is 6.42 Å². The normalized spacial score (nSPS) is 21.1. The van der Waals surface area contributed by atoms with E-state index in [1.54, 1.807) is 0 Å². The van der Waals surface area contributed by atoms with Gasteiger partial charge >= 0.3 is 0 Å². The van der Waals surface area contributed by atoms with Gasteiger partial charge in [-0.2, -0.15) is 0 Å². The highest BCUT2D eigenvalue weighted by atomic mass is 15.1. The Morgan fingerprint density at radius 3 is 2.32 bits per heavy atom. The number of aromatic nitrogens is 2. The Bertz CT molecular complexity index is 460. The average Bonchev–Trinajstić information content (AvgIpc) is 2.84. The van der Waals surface area contributed by atoms with Gasteiger partial charge in [-0.15, -0.1) is 0 Å². The van der Waals surface area contributed by atoms with Crippen molar-refractivity contribution in [2.45, 2.75) is 59.4 Å². The van der Waals surface area contributed by atoms with Gasteiger partial charge in [0.25, 0.3) is 0 Å². The first-order valence-electron chi connectivity index (χ1n) is 7.12. The van der Waals surface area contributed by atoms with Crippen LogP contribution >= 0.6 is 0 Å². The lowest BCUT2D eigenvalue weighted by Gasteiger charge is -2.19. The summed E-state index contributed by atoms with van der Waals surface area (Å²) in [6, 6.07) is 2.54. The monoisotopic (exact) mass is 262 g/mol. The molecular formula is C15H26N4. The minimum atomic E-state index is -0.0407. The summed E-state index contributed by atoms with van der Waals surface area (Å²) < 4.78 is 0. The molecule has 1 fully saturated rings. The molecule has 0 aliphatic heterocycles. The van der Waals surface area contributed by atoms with E-state index in [-0.39, 0.29) is 5.41 Å². The molecule has 1 heterocycles. The SMILES string of the molecule is CCNc1cc(NC2CC2(C)C)nc(C(C)(C)C)n1. The molecule has 0 amide bonds. The van der Waals surface area contributed by atoms with E-state index in [4.69, 9.17) is 0 Å². The van der Waals surface area contributed by atoms with Crippen molar-refractivity contribution in [2.75, 3.05) is 17.2 Å².